The second kappa shape index (κ2) is 8.02. The lowest BCUT2D eigenvalue weighted by Gasteiger charge is -2.15. The summed E-state index contributed by atoms with van der Waals surface area (Å²) in [4.78, 5) is 30.7. The molecule has 0 spiro atoms. The van der Waals surface area contributed by atoms with Crippen LogP contribution in [0, 0.1) is 19.3 Å². The minimum atomic E-state index is -0.432. The zero-order valence-corrected chi connectivity index (χ0v) is 17.5. The molecule has 2 N–H and O–H groups in total. The van der Waals surface area contributed by atoms with E-state index in [-0.39, 0.29) is 28.5 Å². The molecule has 4 aromatic rings. The minimum absolute atomic E-state index is 0.000489. The molecule has 0 atom stereocenters. The molecule has 4 rings (SSSR count). The SMILES string of the molecule is C=CCNC(=O)c1cc2c(=O)n3cccc(C)c3nc2n(Cc2ccc(C)cc2)c1=N. The Morgan fingerprint density at radius 3 is 2.65 bits per heavy atom. The highest BCUT2D eigenvalue weighted by molar-refractivity contribution is 5.96. The van der Waals surface area contributed by atoms with Crippen molar-refractivity contribution in [3.8, 4) is 0 Å². The van der Waals surface area contributed by atoms with Crippen LogP contribution < -0.4 is 16.4 Å². The number of amides is 1. The fourth-order valence-electron chi connectivity index (χ4n) is 3.56. The molecule has 0 radical (unpaired) electrons. The van der Waals surface area contributed by atoms with Gasteiger partial charge in [-0.25, -0.2) is 4.98 Å². The van der Waals surface area contributed by atoms with E-state index in [1.807, 2.05) is 44.2 Å². The van der Waals surface area contributed by atoms with Crippen LogP contribution in [0.2, 0.25) is 0 Å². The number of fused-ring (bicyclic) bond motifs is 2. The number of nitrogens with zero attached hydrogens (tertiary/aromatic N) is 3. The number of aromatic nitrogens is 3. The summed E-state index contributed by atoms with van der Waals surface area (Å²) >= 11 is 0. The maximum atomic E-state index is 13.3. The van der Waals surface area contributed by atoms with E-state index in [0.29, 0.717) is 17.8 Å². The van der Waals surface area contributed by atoms with Gasteiger partial charge in [0.1, 0.15) is 16.8 Å². The van der Waals surface area contributed by atoms with Gasteiger partial charge in [-0.15, -0.1) is 6.58 Å². The van der Waals surface area contributed by atoms with Crippen molar-refractivity contribution in [2.24, 2.45) is 0 Å². The second-order valence-electron chi connectivity index (χ2n) is 7.52. The lowest BCUT2D eigenvalue weighted by molar-refractivity contribution is 0.0955. The molecule has 7 heteroatoms. The number of rotatable bonds is 5. The molecule has 0 aliphatic rings. The van der Waals surface area contributed by atoms with Gasteiger partial charge in [-0.3, -0.25) is 19.4 Å². The van der Waals surface area contributed by atoms with E-state index in [0.717, 1.165) is 16.7 Å². The largest absolute Gasteiger partial charge is 0.348 e. The Kier molecular flexibility index (Phi) is 5.25. The van der Waals surface area contributed by atoms with Crippen LogP contribution >= 0.6 is 0 Å². The van der Waals surface area contributed by atoms with Crippen LogP contribution in [0.15, 0.2) is 66.1 Å². The first-order chi connectivity index (χ1) is 14.9. The van der Waals surface area contributed by atoms with E-state index < -0.39 is 5.91 Å². The fourth-order valence-corrected chi connectivity index (χ4v) is 3.56. The molecule has 0 aliphatic carbocycles. The molecule has 7 nitrogen and oxygen atoms in total. The fraction of sp³-hybridized carbons (Fsp3) is 0.167. The third kappa shape index (κ3) is 3.66. The van der Waals surface area contributed by atoms with Crippen LogP contribution in [-0.2, 0) is 6.54 Å². The number of hydrogen-bond acceptors (Lipinski definition) is 4. The average Bonchev–Trinajstić information content (AvgIpc) is 2.76. The van der Waals surface area contributed by atoms with Crippen LogP contribution in [0.3, 0.4) is 0 Å². The van der Waals surface area contributed by atoms with Crippen LogP contribution in [0.1, 0.15) is 27.0 Å². The van der Waals surface area contributed by atoms with Gasteiger partial charge in [-0.2, -0.15) is 0 Å². The highest BCUT2D eigenvalue weighted by atomic mass is 16.1. The van der Waals surface area contributed by atoms with Crippen molar-refractivity contribution in [3.63, 3.8) is 0 Å². The molecule has 3 heterocycles. The maximum absolute atomic E-state index is 13.3. The first-order valence-electron chi connectivity index (χ1n) is 9.95. The summed E-state index contributed by atoms with van der Waals surface area (Å²) in [6, 6.07) is 13.1. The Morgan fingerprint density at radius 2 is 1.94 bits per heavy atom. The van der Waals surface area contributed by atoms with Crippen molar-refractivity contribution in [3.05, 3.63) is 99.4 Å². The number of pyridine rings is 2. The minimum Gasteiger partial charge on any atom is -0.348 e. The summed E-state index contributed by atoms with van der Waals surface area (Å²) in [5.74, 6) is -0.432. The van der Waals surface area contributed by atoms with E-state index in [4.69, 9.17) is 10.4 Å². The third-order valence-corrected chi connectivity index (χ3v) is 5.25. The molecule has 3 aromatic heterocycles. The summed E-state index contributed by atoms with van der Waals surface area (Å²) in [6.07, 6.45) is 3.23. The molecule has 1 amide bonds. The number of aryl methyl sites for hydroxylation is 2. The molecule has 0 bridgehead atoms. The van der Waals surface area contributed by atoms with Gasteiger partial charge in [0.2, 0.25) is 0 Å². The van der Waals surface area contributed by atoms with Crippen molar-refractivity contribution in [2.75, 3.05) is 6.54 Å². The van der Waals surface area contributed by atoms with Crippen molar-refractivity contribution in [1.29, 1.82) is 5.41 Å². The smallest absolute Gasteiger partial charge is 0.267 e. The molecule has 156 valence electrons. The summed E-state index contributed by atoms with van der Waals surface area (Å²) in [5.41, 5.74) is 3.67. The lowest BCUT2D eigenvalue weighted by atomic mass is 10.1. The first kappa shape index (κ1) is 20.3. The molecule has 0 unspecified atom stereocenters. The first-order valence-corrected chi connectivity index (χ1v) is 9.95. The van der Waals surface area contributed by atoms with E-state index >= 15 is 0 Å². The summed E-state index contributed by atoms with van der Waals surface area (Å²) in [5, 5.41) is 11.7. The van der Waals surface area contributed by atoms with Crippen molar-refractivity contribution < 1.29 is 4.79 Å². The highest BCUT2D eigenvalue weighted by Crippen LogP contribution is 2.14. The van der Waals surface area contributed by atoms with Gasteiger partial charge in [0, 0.05) is 12.7 Å². The van der Waals surface area contributed by atoms with Crippen molar-refractivity contribution in [2.45, 2.75) is 20.4 Å². The van der Waals surface area contributed by atoms with Gasteiger partial charge in [0.25, 0.3) is 11.5 Å². The molecule has 0 fully saturated rings. The Hall–Kier alpha value is -4.00. The maximum Gasteiger partial charge on any atom is 0.267 e. The van der Waals surface area contributed by atoms with Gasteiger partial charge in [-0.1, -0.05) is 42.0 Å². The molecule has 0 saturated heterocycles. The van der Waals surface area contributed by atoms with Gasteiger partial charge >= 0.3 is 0 Å². The van der Waals surface area contributed by atoms with Crippen LogP contribution in [0.4, 0.5) is 0 Å². The standard InChI is InChI=1S/C24H23N5O2/c1-4-11-26-23(30)18-13-19-22(27-21-16(3)6-5-12-28(21)24(19)31)29(20(18)25)14-17-9-7-15(2)8-10-17/h4-10,12-13,25H,1,11,14H2,2-3H3,(H,26,30). The molecule has 1 aromatic carbocycles. The zero-order valence-electron chi connectivity index (χ0n) is 17.5. The number of benzene rings is 1. The Morgan fingerprint density at radius 1 is 1.19 bits per heavy atom. The van der Waals surface area contributed by atoms with Gasteiger partial charge in [0.05, 0.1) is 17.5 Å². The van der Waals surface area contributed by atoms with Gasteiger partial charge < -0.3 is 9.88 Å². The number of carbonyl (C=O) groups excluding carboxylic acids is 1. The quantitative estimate of drug-likeness (QED) is 0.389. The van der Waals surface area contributed by atoms with Gasteiger partial charge in [0.15, 0.2) is 0 Å². The van der Waals surface area contributed by atoms with E-state index in [1.165, 1.54) is 10.5 Å². The van der Waals surface area contributed by atoms with Crippen molar-refractivity contribution >= 4 is 22.6 Å². The van der Waals surface area contributed by atoms with Gasteiger partial charge in [-0.05, 0) is 37.1 Å². The van der Waals surface area contributed by atoms with Crippen LogP contribution in [-0.4, -0.2) is 26.4 Å². The predicted octanol–water partition coefficient (Wildman–Crippen LogP) is 2.71. The van der Waals surface area contributed by atoms with Crippen LogP contribution in [0.5, 0.6) is 0 Å². The zero-order chi connectivity index (χ0) is 22.1. The highest BCUT2D eigenvalue weighted by Gasteiger charge is 2.18. The topological polar surface area (TPSA) is 92.2 Å². The van der Waals surface area contributed by atoms with E-state index in [2.05, 4.69) is 11.9 Å². The Balaban J connectivity index is 2.05. The normalized spacial score (nSPS) is 11.0. The second-order valence-corrected chi connectivity index (χ2v) is 7.52. The third-order valence-electron chi connectivity index (χ3n) is 5.25. The number of nitrogens with one attached hydrogen (secondary N) is 2. The Bertz CT molecular complexity index is 1450. The van der Waals surface area contributed by atoms with E-state index in [1.54, 1.807) is 22.9 Å². The van der Waals surface area contributed by atoms with Crippen molar-refractivity contribution in [1.82, 2.24) is 19.3 Å². The number of carbonyl (C=O) groups is 1. The lowest BCUT2D eigenvalue weighted by Crippen LogP contribution is -2.35. The predicted molar refractivity (Wildman–Crippen MR) is 120 cm³/mol. The summed E-state index contributed by atoms with van der Waals surface area (Å²) in [7, 11) is 0. The number of hydrogen-bond donors (Lipinski definition) is 2. The average molecular weight is 413 g/mol. The molecule has 0 aliphatic heterocycles. The van der Waals surface area contributed by atoms with E-state index in [9.17, 15) is 9.59 Å². The molecule has 31 heavy (non-hydrogen) atoms. The summed E-state index contributed by atoms with van der Waals surface area (Å²) in [6.45, 7) is 8.07. The monoisotopic (exact) mass is 413 g/mol. The molecular weight excluding hydrogens is 390 g/mol. The summed E-state index contributed by atoms with van der Waals surface area (Å²) < 4.78 is 3.10. The molecule has 0 saturated carbocycles. The Labute approximate surface area is 178 Å². The molecular formula is C24H23N5O2. The van der Waals surface area contributed by atoms with Crippen LogP contribution in [0.25, 0.3) is 16.7 Å².